The zero-order valence-corrected chi connectivity index (χ0v) is 34.8. The molecule has 9 fully saturated rings. The molecule has 2 spiro atoms. The van der Waals surface area contributed by atoms with E-state index in [1.165, 1.54) is 83.7 Å². The highest BCUT2D eigenvalue weighted by atomic mass is 16.7. The molecular weight excluding hydrogens is 665 g/mol. The maximum Gasteiger partial charge on any atom is 0.170 e. The third kappa shape index (κ3) is 5.47. The van der Waals surface area contributed by atoms with Crippen LogP contribution in [0.4, 0.5) is 0 Å². The van der Waals surface area contributed by atoms with E-state index in [9.17, 15) is 10.2 Å². The van der Waals surface area contributed by atoms with E-state index in [1.54, 1.807) is 0 Å². The molecule has 0 radical (unpaired) electrons. The average Bonchev–Trinajstić information content (AvgIpc) is 3.72. The molecule has 302 valence electrons. The number of nitrogens with zero attached hydrogens (tertiary/aromatic N) is 2. The van der Waals surface area contributed by atoms with Crippen LogP contribution in [0.1, 0.15) is 139 Å². The number of aliphatic hydroxyl groups excluding tert-OH is 1. The Kier molecular flexibility index (Phi) is 9.44. The molecule has 3 heterocycles. The molecule has 0 bridgehead atoms. The summed E-state index contributed by atoms with van der Waals surface area (Å²) in [6.45, 7) is 24.0. The summed E-state index contributed by atoms with van der Waals surface area (Å²) in [4.78, 5) is 5.48. The fraction of sp³-hybridized carbons (Fsp3) is 1.00. The molecule has 0 aromatic carbocycles. The quantitative estimate of drug-likeness (QED) is 0.275. The summed E-state index contributed by atoms with van der Waals surface area (Å²) in [7, 11) is 0. The van der Waals surface area contributed by atoms with Gasteiger partial charge >= 0.3 is 0 Å². The monoisotopic (exact) mass is 741 g/mol. The van der Waals surface area contributed by atoms with Gasteiger partial charge in [-0.05, 0) is 156 Å². The first-order valence-corrected chi connectivity index (χ1v) is 22.5. The Hall–Kier alpha value is -0.320. The van der Waals surface area contributed by atoms with Crippen LogP contribution in [-0.4, -0.2) is 114 Å². The summed E-state index contributed by atoms with van der Waals surface area (Å²) >= 11 is 0. The SMILES string of the molecule is CCO[C@@H](C1C[C@@H](C)[C@H]2C(O1)[C@H](O)[C@@]1(C)C3CC[C@H]4C(C)(C)[C@@H](O[C@H]5CN(C6CCN(C7CCC7)CC6)CCO5)CCC45CC35CC[C@]21C)C(C)(C)O. The van der Waals surface area contributed by atoms with Crippen molar-refractivity contribution >= 4 is 0 Å². The van der Waals surface area contributed by atoms with Gasteiger partial charge in [-0.3, -0.25) is 4.90 Å². The third-order valence-electron chi connectivity index (χ3n) is 19.1. The van der Waals surface area contributed by atoms with Crippen LogP contribution in [0.3, 0.4) is 0 Å². The highest BCUT2D eigenvalue weighted by Crippen LogP contribution is 2.89. The van der Waals surface area contributed by atoms with Crippen LogP contribution in [0, 0.1) is 50.7 Å². The first-order chi connectivity index (χ1) is 25.1. The van der Waals surface area contributed by atoms with Gasteiger partial charge in [0.05, 0.1) is 36.6 Å². The van der Waals surface area contributed by atoms with Crippen LogP contribution >= 0.6 is 0 Å². The fourth-order valence-electron chi connectivity index (χ4n) is 16.3. The van der Waals surface area contributed by atoms with E-state index in [2.05, 4.69) is 44.4 Å². The Morgan fingerprint density at radius 3 is 2.25 bits per heavy atom. The molecule has 5 unspecified atom stereocenters. The first kappa shape index (κ1) is 38.2. The van der Waals surface area contributed by atoms with Crippen LogP contribution in [0.5, 0.6) is 0 Å². The maximum absolute atomic E-state index is 12.7. The van der Waals surface area contributed by atoms with Gasteiger partial charge < -0.3 is 34.1 Å². The topological polar surface area (TPSA) is 83.9 Å². The van der Waals surface area contributed by atoms with Gasteiger partial charge in [0.25, 0.3) is 0 Å². The van der Waals surface area contributed by atoms with Gasteiger partial charge in [-0.15, -0.1) is 0 Å². The Bertz CT molecular complexity index is 1360. The average molecular weight is 741 g/mol. The predicted octanol–water partition coefficient (Wildman–Crippen LogP) is 7.04. The highest BCUT2D eigenvalue weighted by Gasteiger charge is 2.84. The lowest BCUT2D eigenvalue weighted by atomic mass is 9.41. The van der Waals surface area contributed by atoms with Crippen LogP contribution in [0.2, 0.25) is 0 Å². The summed E-state index contributed by atoms with van der Waals surface area (Å²) in [5, 5.41) is 23.8. The maximum atomic E-state index is 12.7. The summed E-state index contributed by atoms with van der Waals surface area (Å²) in [6, 6.07) is 1.54. The van der Waals surface area contributed by atoms with Gasteiger partial charge in [0.2, 0.25) is 0 Å². The lowest BCUT2D eigenvalue weighted by Crippen LogP contribution is -2.60. The molecule has 8 nitrogen and oxygen atoms in total. The molecule has 6 saturated carbocycles. The minimum absolute atomic E-state index is 0.0255. The molecule has 53 heavy (non-hydrogen) atoms. The summed E-state index contributed by atoms with van der Waals surface area (Å²) in [6.07, 6.45) is 15.1. The lowest BCUT2D eigenvalue weighted by Gasteiger charge is -2.64. The van der Waals surface area contributed by atoms with Crippen LogP contribution in [0.15, 0.2) is 0 Å². The van der Waals surface area contributed by atoms with Crippen molar-refractivity contribution in [3.63, 3.8) is 0 Å². The van der Waals surface area contributed by atoms with Crippen molar-refractivity contribution in [1.82, 2.24) is 9.80 Å². The second kappa shape index (κ2) is 13.1. The van der Waals surface area contributed by atoms with E-state index in [1.807, 2.05) is 20.8 Å². The van der Waals surface area contributed by atoms with E-state index in [0.717, 1.165) is 38.6 Å². The normalized spacial score (nSPS) is 50.9. The van der Waals surface area contributed by atoms with E-state index in [4.69, 9.17) is 18.9 Å². The number of morpholine rings is 1. The van der Waals surface area contributed by atoms with Crippen molar-refractivity contribution in [3.8, 4) is 0 Å². The second-order valence-electron chi connectivity index (χ2n) is 21.9. The summed E-state index contributed by atoms with van der Waals surface area (Å²) in [5.74, 6) is 1.87. The van der Waals surface area contributed by atoms with E-state index in [-0.39, 0.29) is 40.8 Å². The molecule has 2 N–H and O–H groups in total. The van der Waals surface area contributed by atoms with Crippen LogP contribution in [-0.2, 0) is 18.9 Å². The molecule has 0 aromatic heterocycles. The predicted molar refractivity (Wildman–Crippen MR) is 206 cm³/mol. The van der Waals surface area contributed by atoms with Crippen molar-refractivity contribution in [2.75, 3.05) is 39.4 Å². The number of ether oxygens (including phenoxy) is 4. The Balaban J connectivity index is 0.892. The Morgan fingerprint density at radius 1 is 0.868 bits per heavy atom. The van der Waals surface area contributed by atoms with E-state index in [0.29, 0.717) is 47.2 Å². The first-order valence-electron chi connectivity index (χ1n) is 22.5. The van der Waals surface area contributed by atoms with Gasteiger partial charge in [0.15, 0.2) is 6.29 Å². The molecular formula is C45H76N2O6. The Labute approximate surface area is 321 Å². The van der Waals surface area contributed by atoms with Gasteiger partial charge in [-0.25, -0.2) is 0 Å². The van der Waals surface area contributed by atoms with E-state index < -0.39 is 17.8 Å². The molecule has 3 saturated heterocycles. The number of piperidine rings is 1. The van der Waals surface area contributed by atoms with Crippen LogP contribution < -0.4 is 0 Å². The Morgan fingerprint density at radius 2 is 1.57 bits per heavy atom. The highest BCUT2D eigenvalue weighted by molar-refractivity contribution is 5.33. The molecule has 0 aromatic rings. The van der Waals surface area contributed by atoms with Gasteiger partial charge in [-0.2, -0.15) is 0 Å². The van der Waals surface area contributed by atoms with E-state index >= 15 is 0 Å². The second-order valence-corrected chi connectivity index (χ2v) is 21.9. The third-order valence-corrected chi connectivity index (χ3v) is 19.1. The number of fused-ring (bicyclic) bond motifs is 4. The zero-order chi connectivity index (χ0) is 37.3. The molecule has 6 aliphatic carbocycles. The van der Waals surface area contributed by atoms with Crippen molar-refractivity contribution in [3.05, 3.63) is 0 Å². The number of likely N-dealkylation sites (tertiary alicyclic amines) is 1. The summed E-state index contributed by atoms with van der Waals surface area (Å²) in [5.41, 5.74) is -0.411. The molecule has 14 atom stereocenters. The number of aliphatic hydroxyl groups is 2. The number of rotatable bonds is 8. The van der Waals surface area contributed by atoms with Gasteiger partial charge in [0.1, 0.15) is 6.10 Å². The van der Waals surface area contributed by atoms with Crippen molar-refractivity contribution in [2.45, 2.75) is 193 Å². The van der Waals surface area contributed by atoms with Crippen molar-refractivity contribution in [1.29, 1.82) is 0 Å². The number of hydrogen-bond donors (Lipinski definition) is 2. The lowest BCUT2D eigenvalue weighted by molar-refractivity contribution is -0.251. The number of hydrogen-bond acceptors (Lipinski definition) is 8. The minimum Gasteiger partial charge on any atom is -0.390 e. The van der Waals surface area contributed by atoms with Gasteiger partial charge in [0, 0.05) is 37.2 Å². The van der Waals surface area contributed by atoms with Crippen LogP contribution in [0.25, 0.3) is 0 Å². The smallest absolute Gasteiger partial charge is 0.170 e. The molecule has 9 rings (SSSR count). The molecule has 3 aliphatic heterocycles. The molecule has 0 amide bonds. The fourth-order valence-corrected chi connectivity index (χ4v) is 16.3. The zero-order valence-electron chi connectivity index (χ0n) is 34.8. The van der Waals surface area contributed by atoms with Crippen molar-refractivity contribution < 1.29 is 29.2 Å². The van der Waals surface area contributed by atoms with Crippen molar-refractivity contribution in [2.24, 2.45) is 50.7 Å². The minimum atomic E-state index is -1.01. The largest absolute Gasteiger partial charge is 0.390 e. The standard InChI is InChI=1S/C45H76N2O6/c1-9-50-39(41(5,6)49)31-25-28(2)36-37(52-31)38(48)43(8)33-14-13-32-40(3,4)34(15-18-44(32)27-45(33,44)20-19-42(36,43)7)53-35-26-47(23-24-51-35)30-16-21-46(22-17-30)29-11-10-12-29/h28-39,48-49H,9-27H2,1-8H3/t28-,31?,32+,33?,34+,35+,36+,37?,38+,39+,42-,43-,44?,45?/m1/s1. The summed E-state index contributed by atoms with van der Waals surface area (Å²) < 4.78 is 26.7. The molecule has 8 heteroatoms. The molecule has 9 aliphatic rings. The van der Waals surface area contributed by atoms with Gasteiger partial charge in [-0.1, -0.05) is 41.0 Å².